The first-order chi connectivity index (χ1) is 8.22. The first-order valence-corrected chi connectivity index (χ1v) is 6.98. The quantitative estimate of drug-likeness (QED) is 0.747. The number of unbranched alkanes of at least 4 members (excludes halogenated alkanes) is 3. The lowest BCUT2D eigenvalue weighted by atomic mass is 10.0. The molecule has 0 saturated carbocycles. The van der Waals surface area contributed by atoms with E-state index < -0.39 is 0 Å². The van der Waals surface area contributed by atoms with Crippen molar-refractivity contribution in [2.75, 3.05) is 6.54 Å². The Hall–Kier alpha value is -0.670. The number of Topliss-reactive ketones (excluding diaryl/α,β-unsaturated/α-hetero) is 1. The van der Waals surface area contributed by atoms with E-state index in [0.29, 0.717) is 18.6 Å². The van der Waals surface area contributed by atoms with Crippen LogP contribution in [0, 0.1) is 0 Å². The zero-order valence-electron chi connectivity index (χ0n) is 10.1. The Kier molecular flexibility index (Phi) is 7.13. The minimum atomic E-state index is 0.333. The summed E-state index contributed by atoms with van der Waals surface area (Å²) >= 11 is 3.38. The van der Waals surface area contributed by atoms with E-state index in [1.807, 2.05) is 24.3 Å². The molecular formula is C14H20BrNO. The summed E-state index contributed by atoms with van der Waals surface area (Å²) in [6.45, 7) is 0.757. The van der Waals surface area contributed by atoms with E-state index in [1.54, 1.807) is 0 Å². The molecule has 0 heterocycles. The zero-order chi connectivity index (χ0) is 12.5. The third-order valence-corrected chi connectivity index (χ3v) is 3.25. The van der Waals surface area contributed by atoms with Gasteiger partial charge in [0.15, 0.2) is 0 Å². The van der Waals surface area contributed by atoms with Crippen LogP contribution in [0.3, 0.4) is 0 Å². The lowest BCUT2D eigenvalue weighted by Crippen LogP contribution is -2.03. The predicted octanol–water partition coefficient (Wildman–Crippen LogP) is 3.47. The SMILES string of the molecule is NCCCCCCC(=O)Cc1ccc(Br)cc1. The van der Waals surface area contributed by atoms with Crippen LogP contribution in [0.25, 0.3) is 0 Å². The molecule has 0 aliphatic rings. The van der Waals surface area contributed by atoms with Crippen LogP contribution in [0.5, 0.6) is 0 Å². The topological polar surface area (TPSA) is 43.1 Å². The van der Waals surface area contributed by atoms with Crippen LogP contribution in [0.1, 0.15) is 37.7 Å². The molecule has 0 aliphatic carbocycles. The Morgan fingerprint density at radius 1 is 1.06 bits per heavy atom. The smallest absolute Gasteiger partial charge is 0.137 e. The average Bonchev–Trinajstić information content (AvgIpc) is 2.32. The van der Waals surface area contributed by atoms with Crippen molar-refractivity contribution in [3.05, 3.63) is 34.3 Å². The summed E-state index contributed by atoms with van der Waals surface area (Å²) in [7, 11) is 0. The van der Waals surface area contributed by atoms with Gasteiger partial charge >= 0.3 is 0 Å². The maximum Gasteiger partial charge on any atom is 0.137 e. The second-order valence-corrected chi connectivity index (χ2v) is 5.21. The summed E-state index contributed by atoms with van der Waals surface area (Å²) in [5.41, 5.74) is 6.51. The largest absolute Gasteiger partial charge is 0.330 e. The highest BCUT2D eigenvalue weighted by Crippen LogP contribution is 2.12. The summed E-state index contributed by atoms with van der Waals surface area (Å²) in [5, 5.41) is 0. The summed E-state index contributed by atoms with van der Waals surface area (Å²) in [5.74, 6) is 0.333. The van der Waals surface area contributed by atoms with Crippen molar-refractivity contribution >= 4 is 21.7 Å². The fourth-order valence-electron chi connectivity index (χ4n) is 1.74. The van der Waals surface area contributed by atoms with Gasteiger partial charge in [-0.3, -0.25) is 4.79 Å². The van der Waals surface area contributed by atoms with E-state index in [1.165, 1.54) is 0 Å². The van der Waals surface area contributed by atoms with Gasteiger partial charge in [0.2, 0.25) is 0 Å². The third-order valence-electron chi connectivity index (χ3n) is 2.72. The van der Waals surface area contributed by atoms with E-state index in [4.69, 9.17) is 5.73 Å². The van der Waals surface area contributed by atoms with Crippen molar-refractivity contribution in [3.8, 4) is 0 Å². The molecule has 0 unspecified atom stereocenters. The molecule has 0 atom stereocenters. The van der Waals surface area contributed by atoms with Crippen molar-refractivity contribution in [3.63, 3.8) is 0 Å². The van der Waals surface area contributed by atoms with Gasteiger partial charge in [-0.1, -0.05) is 40.9 Å². The molecule has 0 spiro atoms. The molecular weight excluding hydrogens is 278 g/mol. The van der Waals surface area contributed by atoms with Crippen molar-refractivity contribution in [1.29, 1.82) is 0 Å². The Labute approximate surface area is 112 Å². The lowest BCUT2D eigenvalue weighted by molar-refractivity contribution is -0.118. The number of halogens is 1. The molecule has 1 rings (SSSR count). The van der Waals surface area contributed by atoms with Gasteiger partial charge in [-0.25, -0.2) is 0 Å². The van der Waals surface area contributed by atoms with Crippen LogP contribution in [0.4, 0.5) is 0 Å². The van der Waals surface area contributed by atoms with E-state index >= 15 is 0 Å². The molecule has 0 fully saturated rings. The van der Waals surface area contributed by atoms with Gasteiger partial charge in [0.1, 0.15) is 5.78 Å². The fourth-order valence-corrected chi connectivity index (χ4v) is 2.00. The van der Waals surface area contributed by atoms with Crippen LogP contribution in [0.15, 0.2) is 28.7 Å². The predicted molar refractivity (Wildman–Crippen MR) is 75.0 cm³/mol. The van der Waals surface area contributed by atoms with Crippen LogP contribution in [0.2, 0.25) is 0 Å². The molecule has 1 aromatic carbocycles. The molecule has 0 saturated heterocycles. The first kappa shape index (κ1) is 14.4. The van der Waals surface area contributed by atoms with Crippen molar-refractivity contribution < 1.29 is 4.79 Å². The lowest BCUT2D eigenvalue weighted by Gasteiger charge is -2.02. The van der Waals surface area contributed by atoms with Gasteiger partial charge in [-0.05, 0) is 37.1 Å². The highest BCUT2D eigenvalue weighted by molar-refractivity contribution is 9.10. The van der Waals surface area contributed by atoms with Crippen molar-refractivity contribution in [2.45, 2.75) is 38.5 Å². The number of carbonyl (C=O) groups is 1. The molecule has 3 heteroatoms. The summed E-state index contributed by atoms with van der Waals surface area (Å²) < 4.78 is 1.05. The van der Waals surface area contributed by atoms with Gasteiger partial charge in [-0.15, -0.1) is 0 Å². The minimum Gasteiger partial charge on any atom is -0.330 e. The number of hydrogen-bond donors (Lipinski definition) is 1. The van der Waals surface area contributed by atoms with Gasteiger partial charge < -0.3 is 5.73 Å². The number of hydrogen-bond acceptors (Lipinski definition) is 2. The van der Waals surface area contributed by atoms with Gasteiger partial charge in [-0.2, -0.15) is 0 Å². The third kappa shape index (κ3) is 6.59. The molecule has 94 valence electrons. The summed E-state index contributed by atoms with van der Waals surface area (Å²) in [6, 6.07) is 7.94. The summed E-state index contributed by atoms with van der Waals surface area (Å²) in [4.78, 5) is 11.7. The molecule has 1 aromatic rings. The van der Waals surface area contributed by atoms with Crippen LogP contribution in [-0.4, -0.2) is 12.3 Å². The van der Waals surface area contributed by atoms with Crippen molar-refractivity contribution in [1.82, 2.24) is 0 Å². The molecule has 0 amide bonds. The number of ketones is 1. The van der Waals surface area contributed by atoms with Crippen LogP contribution in [-0.2, 0) is 11.2 Å². The van der Waals surface area contributed by atoms with E-state index in [2.05, 4.69) is 15.9 Å². The van der Waals surface area contributed by atoms with Gasteiger partial charge in [0.05, 0.1) is 0 Å². The van der Waals surface area contributed by atoms with Crippen LogP contribution >= 0.6 is 15.9 Å². The van der Waals surface area contributed by atoms with Crippen molar-refractivity contribution in [2.24, 2.45) is 5.73 Å². The zero-order valence-corrected chi connectivity index (χ0v) is 11.7. The average molecular weight is 298 g/mol. The second kappa shape index (κ2) is 8.43. The Morgan fingerprint density at radius 2 is 1.71 bits per heavy atom. The van der Waals surface area contributed by atoms with E-state index in [0.717, 1.165) is 42.3 Å². The monoisotopic (exact) mass is 297 g/mol. The highest BCUT2D eigenvalue weighted by Gasteiger charge is 2.03. The number of benzene rings is 1. The van der Waals surface area contributed by atoms with Gasteiger partial charge in [0.25, 0.3) is 0 Å². The Morgan fingerprint density at radius 3 is 2.35 bits per heavy atom. The Balaban J connectivity index is 2.18. The number of carbonyl (C=O) groups excluding carboxylic acids is 1. The molecule has 0 radical (unpaired) electrons. The fraction of sp³-hybridized carbons (Fsp3) is 0.500. The van der Waals surface area contributed by atoms with Gasteiger partial charge in [0, 0.05) is 17.3 Å². The summed E-state index contributed by atoms with van der Waals surface area (Å²) in [6.07, 6.45) is 5.58. The first-order valence-electron chi connectivity index (χ1n) is 6.18. The molecule has 2 N–H and O–H groups in total. The molecule has 2 nitrogen and oxygen atoms in total. The number of nitrogens with two attached hydrogens (primary N) is 1. The molecule has 0 aliphatic heterocycles. The maximum atomic E-state index is 11.7. The molecule has 17 heavy (non-hydrogen) atoms. The van der Waals surface area contributed by atoms with E-state index in [-0.39, 0.29) is 0 Å². The van der Waals surface area contributed by atoms with E-state index in [9.17, 15) is 4.79 Å². The normalized spacial score (nSPS) is 10.5. The van der Waals surface area contributed by atoms with Crippen LogP contribution < -0.4 is 5.73 Å². The maximum absolute atomic E-state index is 11.7. The second-order valence-electron chi connectivity index (χ2n) is 4.29. The number of rotatable bonds is 8. The minimum absolute atomic E-state index is 0.333. The molecule has 0 bridgehead atoms. The highest BCUT2D eigenvalue weighted by atomic mass is 79.9. The molecule has 0 aromatic heterocycles. The standard InChI is InChI=1S/C14H20BrNO/c15-13-8-6-12(7-9-13)11-14(17)5-3-1-2-4-10-16/h6-9H,1-5,10-11,16H2. The Bertz CT molecular complexity index is 335.